The Morgan fingerprint density at radius 3 is 2.19 bits per heavy atom. The van der Waals surface area contributed by atoms with Crippen LogP contribution in [0.25, 0.3) is 0 Å². The van der Waals surface area contributed by atoms with Crippen LogP contribution in [-0.2, 0) is 17.4 Å². The number of benzene rings is 3. The van der Waals surface area contributed by atoms with E-state index in [0.717, 1.165) is 24.9 Å². The highest BCUT2D eigenvalue weighted by Gasteiger charge is 2.48. The molecule has 3 aromatic rings. The second-order valence-electron chi connectivity index (χ2n) is 8.12. The van der Waals surface area contributed by atoms with Crippen molar-refractivity contribution in [3.05, 3.63) is 100 Å². The van der Waals surface area contributed by atoms with Crippen LogP contribution in [0.5, 0.6) is 0 Å². The third-order valence-electron chi connectivity index (χ3n) is 6.47. The number of hydrogen-bond donors (Lipinski definition) is 2. The molecular weight excluding hydrogens is 316 g/mol. The second kappa shape index (κ2) is 5.21. The van der Waals surface area contributed by atoms with Crippen LogP contribution in [0.1, 0.15) is 53.1 Å². The van der Waals surface area contributed by atoms with Crippen LogP contribution in [0.2, 0.25) is 0 Å². The number of nitrogens with two attached hydrogens (primary N) is 2. The molecule has 130 valence electrons. The minimum atomic E-state index is -0.297. The lowest BCUT2D eigenvalue weighted by molar-refractivity contribution is 0.345. The lowest BCUT2D eigenvalue weighted by atomic mass is 9.55. The molecule has 2 aliphatic carbocycles. The van der Waals surface area contributed by atoms with Crippen molar-refractivity contribution < 1.29 is 0 Å². The Kier molecular flexibility index (Phi) is 3.14. The maximum atomic E-state index is 6.72. The molecular formula is C24H24N2. The quantitative estimate of drug-likeness (QED) is 0.593. The van der Waals surface area contributed by atoms with Gasteiger partial charge in [0.05, 0.1) is 0 Å². The summed E-state index contributed by atoms with van der Waals surface area (Å²) in [5.41, 5.74) is 21.5. The molecule has 0 amide bonds. The zero-order valence-electron chi connectivity index (χ0n) is 15.1. The largest absolute Gasteiger partial charge is 0.399 e. The summed E-state index contributed by atoms with van der Waals surface area (Å²) in [5.74, 6) is 0. The van der Waals surface area contributed by atoms with Gasteiger partial charge in [-0.15, -0.1) is 0 Å². The summed E-state index contributed by atoms with van der Waals surface area (Å²) in [6.07, 6.45) is 2.92. The van der Waals surface area contributed by atoms with Crippen molar-refractivity contribution in [1.29, 1.82) is 0 Å². The van der Waals surface area contributed by atoms with Crippen molar-refractivity contribution in [2.75, 3.05) is 5.73 Å². The maximum absolute atomic E-state index is 6.72. The van der Waals surface area contributed by atoms with Crippen molar-refractivity contribution in [3.63, 3.8) is 0 Å². The Balaban J connectivity index is 1.91. The van der Waals surface area contributed by atoms with Crippen LogP contribution in [0.3, 0.4) is 0 Å². The lowest BCUT2D eigenvalue weighted by Gasteiger charge is -2.49. The third-order valence-corrected chi connectivity index (χ3v) is 6.47. The third kappa shape index (κ3) is 1.96. The summed E-state index contributed by atoms with van der Waals surface area (Å²) in [6.45, 7) is 2.16. The lowest BCUT2D eigenvalue weighted by Crippen LogP contribution is -2.46. The van der Waals surface area contributed by atoms with Crippen LogP contribution in [-0.4, -0.2) is 0 Å². The highest BCUT2D eigenvalue weighted by Crippen LogP contribution is 2.55. The molecule has 26 heavy (non-hydrogen) atoms. The van der Waals surface area contributed by atoms with Gasteiger partial charge in [-0.3, -0.25) is 0 Å². The number of anilines is 1. The van der Waals surface area contributed by atoms with E-state index in [1.807, 2.05) is 6.07 Å². The second-order valence-corrected chi connectivity index (χ2v) is 8.12. The fraction of sp³-hybridized carbons (Fsp3) is 0.250. The molecule has 2 unspecified atom stereocenters. The smallest absolute Gasteiger partial charge is 0.0462 e. The fourth-order valence-electron chi connectivity index (χ4n) is 5.22. The molecule has 0 saturated heterocycles. The molecule has 0 aromatic heterocycles. The molecule has 5 rings (SSSR count). The SMILES string of the molecule is CC1(N)CCC2(c3ccccc3Cc3ccc(N)cc32)c2ccccc21. The van der Waals surface area contributed by atoms with Gasteiger partial charge >= 0.3 is 0 Å². The van der Waals surface area contributed by atoms with Gasteiger partial charge in [-0.1, -0.05) is 54.6 Å². The highest BCUT2D eigenvalue weighted by molar-refractivity contribution is 5.65. The monoisotopic (exact) mass is 340 g/mol. The van der Waals surface area contributed by atoms with Crippen molar-refractivity contribution >= 4 is 5.69 Å². The number of hydrogen-bond acceptors (Lipinski definition) is 2. The van der Waals surface area contributed by atoms with Crippen LogP contribution in [0.4, 0.5) is 5.69 Å². The Hall–Kier alpha value is -2.58. The molecule has 2 atom stereocenters. The van der Waals surface area contributed by atoms with E-state index in [0.29, 0.717) is 0 Å². The fourth-order valence-corrected chi connectivity index (χ4v) is 5.22. The summed E-state index contributed by atoms with van der Waals surface area (Å²) >= 11 is 0. The van der Waals surface area contributed by atoms with Gasteiger partial charge in [0.25, 0.3) is 0 Å². The molecule has 0 radical (unpaired) electrons. The van der Waals surface area contributed by atoms with Crippen LogP contribution in [0.15, 0.2) is 66.7 Å². The van der Waals surface area contributed by atoms with Crippen molar-refractivity contribution in [3.8, 4) is 0 Å². The normalized spacial score (nSPS) is 26.1. The number of rotatable bonds is 0. The molecule has 2 aliphatic rings. The Morgan fingerprint density at radius 1 is 0.731 bits per heavy atom. The Morgan fingerprint density at radius 2 is 1.38 bits per heavy atom. The first-order valence-electron chi connectivity index (χ1n) is 9.38. The average Bonchev–Trinajstić information content (AvgIpc) is 2.65. The van der Waals surface area contributed by atoms with E-state index in [-0.39, 0.29) is 11.0 Å². The number of nitrogen functional groups attached to an aromatic ring is 1. The van der Waals surface area contributed by atoms with Crippen LogP contribution in [0, 0.1) is 0 Å². The summed E-state index contributed by atoms with van der Waals surface area (Å²) in [6, 6.07) is 24.1. The van der Waals surface area contributed by atoms with Gasteiger partial charge in [-0.25, -0.2) is 0 Å². The molecule has 0 heterocycles. The van der Waals surface area contributed by atoms with E-state index in [9.17, 15) is 0 Å². The van der Waals surface area contributed by atoms with E-state index in [1.165, 1.54) is 33.4 Å². The standard InChI is InChI=1S/C24H24N2/c1-23(26)12-13-24(21-9-5-4-8-20(21)23)19-7-3-2-6-16(19)14-17-10-11-18(25)15-22(17)24/h2-11,15H,12-14,25-26H2,1H3. The summed E-state index contributed by atoms with van der Waals surface area (Å²) in [5, 5.41) is 0. The Labute approximate surface area is 154 Å². The molecule has 0 saturated carbocycles. The summed E-state index contributed by atoms with van der Waals surface area (Å²) in [7, 11) is 0. The van der Waals surface area contributed by atoms with Crippen LogP contribution < -0.4 is 11.5 Å². The van der Waals surface area contributed by atoms with Crippen molar-refractivity contribution in [2.24, 2.45) is 5.73 Å². The van der Waals surface area contributed by atoms with E-state index in [1.54, 1.807) is 0 Å². The van der Waals surface area contributed by atoms with E-state index >= 15 is 0 Å². The van der Waals surface area contributed by atoms with E-state index in [4.69, 9.17) is 11.5 Å². The molecule has 4 N–H and O–H groups in total. The average molecular weight is 340 g/mol. The predicted molar refractivity (Wildman–Crippen MR) is 107 cm³/mol. The highest BCUT2D eigenvalue weighted by atomic mass is 14.7. The van der Waals surface area contributed by atoms with Gasteiger partial charge < -0.3 is 11.5 Å². The van der Waals surface area contributed by atoms with Crippen molar-refractivity contribution in [1.82, 2.24) is 0 Å². The first-order valence-corrected chi connectivity index (χ1v) is 9.38. The molecule has 0 fully saturated rings. The van der Waals surface area contributed by atoms with Gasteiger partial charge in [0.2, 0.25) is 0 Å². The van der Waals surface area contributed by atoms with Crippen molar-refractivity contribution in [2.45, 2.75) is 37.1 Å². The predicted octanol–water partition coefficient (Wildman–Crippen LogP) is 4.48. The van der Waals surface area contributed by atoms with E-state index in [2.05, 4.69) is 67.6 Å². The minimum absolute atomic E-state index is 0.158. The molecule has 0 bridgehead atoms. The van der Waals surface area contributed by atoms with Crippen LogP contribution >= 0.6 is 0 Å². The zero-order chi connectivity index (χ0) is 17.9. The molecule has 2 nitrogen and oxygen atoms in total. The van der Waals surface area contributed by atoms with Gasteiger partial charge in [0.15, 0.2) is 0 Å². The Bertz CT molecular complexity index is 1020. The van der Waals surface area contributed by atoms with Gasteiger partial charge in [0, 0.05) is 16.6 Å². The van der Waals surface area contributed by atoms with Gasteiger partial charge in [0.1, 0.15) is 0 Å². The minimum Gasteiger partial charge on any atom is -0.399 e. The van der Waals surface area contributed by atoms with Gasteiger partial charge in [-0.05, 0) is 71.7 Å². The molecule has 0 aliphatic heterocycles. The van der Waals surface area contributed by atoms with Gasteiger partial charge in [-0.2, -0.15) is 0 Å². The molecule has 2 heteroatoms. The summed E-state index contributed by atoms with van der Waals surface area (Å²) in [4.78, 5) is 0. The maximum Gasteiger partial charge on any atom is 0.0462 e. The number of fused-ring (bicyclic) bond motifs is 6. The first kappa shape index (κ1) is 15.7. The topological polar surface area (TPSA) is 52.0 Å². The zero-order valence-corrected chi connectivity index (χ0v) is 15.1. The molecule has 1 spiro atoms. The summed E-state index contributed by atoms with van der Waals surface area (Å²) < 4.78 is 0. The molecule has 3 aromatic carbocycles. The van der Waals surface area contributed by atoms with E-state index < -0.39 is 0 Å². The first-order chi connectivity index (χ1) is 12.5.